The summed E-state index contributed by atoms with van der Waals surface area (Å²) in [4.78, 5) is 3.35. The average Bonchev–Trinajstić information content (AvgIpc) is 2.02. The Kier molecular flexibility index (Phi) is 3.00. The fourth-order valence-electron chi connectivity index (χ4n) is 0.842. The molecule has 4 nitrogen and oxygen atoms in total. The van der Waals surface area contributed by atoms with Gasteiger partial charge < -0.3 is 0 Å². The van der Waals surface area contributed by atoms with Crippen LogP contribution in [0.2, 0.25) is 5.15 Å². The van der Waals surface area contributed by atoms with Crippen molar-refractivity contribution < 1.29 is 8.42 Å². The summed E-state index contributed by atoms with van der Waals surface area (Å²) in [6.07, 6.45) is 0. The lowest BCUT2D eigenvalue weighted by Gasteiger charge is -2.01. The molecule has 0 fully saturated rings. The van der Waals surface area contributed by atoms with Gasteiger partial charge in [0.2, 0.25) is 0 Å². The second-order valence-electron chi connectivity index (χ2n) is 2.46. The van der Waals surface area contributed by atoms with E-state index in [0.717, 1.165) is 6.07 Å². The molecule has 74 valence electrons. The monoisotopic (exact) mass is 250 g/mol. The zero-order valence-electron chi connectivity index (χ0n) is 6.95. The molecule has 0 bridgehead atoms. The molecule has 7 heteroatoms. The third-order valence-corrected chi connectivity index (χ3v) is 3.25. The van der Waals surface area contributed by atoms with Gasteiger partial charge in [0, 0.05) is 10.7 Å². The van der Waals surface area contributed by atoms with Gasteiger partial charge in [0.05, 0.1) is 11.3 Å². The van der Waals surface area contributed by atoms with Gasteiger partial charge >= 0.3 is 0 Å². The maximum Gasteiger partial charge on any atom is 0.264 e. The Hall–Kier alpha value is -0.830. The maximum absolute atomic E-state index is 11.0. The quantitative estimate of drug-likeness (QED) is 0.564. The van der Waals surface area contributed by atoms with Crippen molar-refractivity contribution >= 4 is 31.3 Å². The van der Waals surface area contributed by atoms with E-state index in [1.807, 2.05) is 0 Å². The summed E-state index contributed by atoms with van der Waals surface area (Å²) in [5.41, 5.74) is 0.496. The number of hydrogen-bond donors (Lipinski definition) is 0. The van der Waals surface area contributed by atoms with Crippen molar-refractivity contribution in [3.8, 4) is 6.07 Å². The van der Waals surface area contributed by atoms with Crippen molar-refractivity contribution in [3.63, 3.8) is 0 Å². The van der Waals surface area contributed by atoms with E-state index in [1.165, 1.54) is 0 Å². The summed E-state index contributed by atoms with van der Waals surface area (Å²) >= 11 is 5.56. The van der Waals surface area contributed by atoms with Crippen LogP contribution in [0.3, 0.4) is 0 Å². The van der Waals surface area contributed by atoms with Crippen molar-refractivity contribution in [1.82, 2.24) is 4.98 Å². The molecule has 1 heterocycles. The highest BCUT2D eigenvalue weighted by molar-refractivity contribution is 8.13. The van der Waals surface area contributed by atoms with Crippen molar-refractivity contribution in [3.05, 3.63) is 22.5 Å². The predicted octanol–water partition coefficient (Wildman–Crippen LogP) is 1.84. The Morgan fingerprint density at radius 1 is 1.57 bits per heavy atom. The third kappa shape index (κ3) is 2.15. The summed E-state index contributed by atoms with van der Waals surface area (Å²) < 4.78 is 21.9. The minimum Gasteiger partial charge on any atom is -0.239 e. The molecule has 0 N–H and O–H groups in total. The van der Waals surface area contributed by atoms with E-state index >= 15 is 0 Å². The number of rotatable bonds is 1. The summed E-state index contributed by atoms with van der Waals surface area (Å²) in [5, 5.41) is 8.40. The van der Waals surface area contributed by atoms with Gasteiger partial charge in [-0.2, -0.15) is 5.26 Å². The largest absolute Gasteiger partial charge is 0.264 e. The SMILES string of the molecule is Cc1nc(Cl)c(S(=O)(=O)Cl)cc1C#N. The van der Waals surface area contributed by atoms with Crippen LogP contribution in [0.25, 0.3) is 0 Å². The molecule has 0 aliphatic rings. The Morgan fingerprint density at radius 2 is 2.14 bits per heavy atom. The van der Waals surface area contributed by atoms with Crippen LogP contribution in [0.4, 0.5) is 0 Å². The Balaban J connectivity index is 3.58. The van der Waals surface area contributed by atoms with E-state index in [1.54, 1.807) is 13.0 Å². The number of pyridine rings is 1. The topological polar surface area (TPSA) is 70.8 Å². The van der Waals surface area contributed by atoms with Crippen molar-refractivity contribution in [2.24, 2.45) is 0 Å². The molecule has 0 spiro atoms. The summed E-state index contributed by atoms with van der Waals surface area (Å²) in [6.45, 7) is 1.55. The fourth-order valence-corrected chi connectivity index (χ4v) is 2.30. The van der Waals surface area contributed by atoms with Crippen LogP contribution in [0.1, 0.15) is 11.3 Å². The van der Waals surface area contributed by atoms with Gasteiger partial charge in [0.15, 0.2) is 0 Å². The molecule has 0 saturated heterocycles. The Bertz CT molecular complexity index is 519. The first-order valence-corrected chi connectivity index (χ1v) is 6.07. The smallest absolute Gasteiger partial charge is 0.239 e. The zero-order valence-corrected chi connectivity index (χ0v) is 9.28. The number of aromatic nitrogens is 1. The predicted molar refractivity (Wildman–Crippen MR) is 51.7 cm³/mol. The number of nitrogens with zero attached hydrogens (tertiary/aromatic N) is 2. The van der Waals surface area contributed by atoms with E-state index < -0.39 is 9.05 Å². The van der Waals surface area contributed by atoms with Crippen LogP contribution in [-0.4, -0.2) is 13.4 Å². The van der Waals surface area contributed by atoms with Crippen LogP contribution in [0.5, 0.6) is 0 Å². The molecular weight excluding hydrogens is 247 g/mol. The second-order valence-corrected chi connectivity index (χ2v) is 5.35. The molecule has 0 radical (unpaired) electrons. The summed E-state index contributed by atoms with van der Waals surface area (Å²) in [5.74, 6) is 0. The lowest BCUT2D eigenvalue weighted by molar-refractivity contribution is 0.609. The van der Waals surface area contributed by atoms with Gasteiger partial charge in [-0.3, -0.25) is 0 Å². The summed E-state index contributed by atoms with van der Waals surface area (Å²) in [7, 11) is 1.13. The highest BCUT2D eigenvalue weighted by Gasteiger charge is 2.18. The molecule has 0 saturated carbocycles. The van der Waals surface area contributed by atoms with Crippen LogP contribution < -0.4 is 0 Å². The standard InChI is InChI=1S/C7H4Cl2N2O2S/c1-4-5(3-10)2-6(7(8)11-4)14(9,12)13/h2H,1H3. The lowest BCUT2D eigenvalue weighted by Crippen LogP contribution is -1.98. The molecule has 0 atom stereocenters. The number of hydrogen-bond acceptors (Lipinski definition) is 4. The van der Waals surface area contributed by atoms with E-state index in [-0.39, 0.29) is 15.6 Å². The first kappa shape index (κ1) is 11.2. The lowest BCUT2D eigenvalue weighted by atomic mass is 10.2. The van der Waals surface area contributed by atoms with Gasteiger partial charge in [0.25, 0.3) is 9.05 Å². The highest BCUT2D eigenvalue weighted by Crippen LogP contribution is 2.24. The van der Waals surface area contributed by atoms with Crippen LogP contribution in [0, 0.1) is 18.3 Å². The van der Waals surface area contributed by atoms with Crippen LogP contribution in [0.15, 0.2) is 11.0 Å². The van der Waals surface area contributed by atoms with E-state index in [4.69, 9.17) is 27.5 Å². The molecule has 0 amide bonds. The molecule has 0 aliphatic heterocycles. The van der Waals surface area contributed by atoms with Gasteiger partial charge in [-0.25, -0.2) is 13.4 Å². The normalized spacial score (nSPS) is 11.0. The molecule has 1 aromatic rings. The average molecular weight is 251 g/mol. The van der Waals surface area contributed by atoms with Crippen molar-refractivity contribution in [1.29, 1.82) is 5.26 Å². The van der Waals surface area contributed by atoms with Gasteiger partial charge in [-0.05, 0) is 13.0 Å². The van der Waals surface area contributed by atoms with Gasteiger partial charge in [-0.15, -0.1) is 0 Å². The zero-order chi connectivity index (χ0) is 10.9. The van der Waals surface area contributed by atoms with Crippen molar-refractivity contribution in [2.75, 3.05) is 0 Å². The maximum atomic E-state index is 11.0. The van der Waals surface area contributed by atoms with Gasteiger partial charge in [0.1, 0.15) is 16.1 Å². The van der Waals surface area contributed by atoms with E-state index in [0.29, 0.717) is 5.69 Å². The number of halogens is 2. The van der Waals surface area contributed by atoms with Crippen LogP contribution in [-0.2, 0) is 9.05 Å². The van der Waals surface area contributed by atoms with Crippen molar-refractivity contribution in [2.45, 2.75) is 11.8 Å². The second kappa shape index (κ2) is 3.73. The molecule has 1 aromatic heterocycles. The van der Waals surface area contributed by atoms with E-state index in [9.17, 15) is 8.42 Å². The number of aryl methyl sites for hydroxylation is 1. The fraction of sp³-hybridized carbons (Fsp3) is 0.143. The van der Waals surface area contributed by atoms with E-state index in [2.05, 4.69) is 4.98 Å². The Morgan fingerprint density at radius 3 is 2.57 bits per heavy atom. The molecule has 14 heavy (non-hydrogen) atoms. The molecule has 0 aliphatic carbocycles. The molecule has 0 unspecified atom stereocenters. The first-order valence-electron chi connectivity index (χ1n) is 3.38. The minimum atomic E-state index is -3.96. The third-order valence-electron chi connectivity index (χ3n) is 1.52. The molecular formula is C7H4Cl2N2O2S. The minimum absolute atomic E-state index is 0.133. The van der Waals surface area contributed by atoms with Crippen LogP contribution >= 0.6 is 22.3 Å². The summed E-state index contributed by atoms with van der Waals surface area (Å²) in [6, 6.07) is 2.89. The first-order chi connectivity index (χ1) is 6.36. The number of nitriles is 1. The Labute approximate surface area is 90.5 Å². The molecule has 0 aromatic carbocycles. The molecule has 1 rings (SSSR count). The highest BCUT2D eigenvalue weighted by atomic mass is 35.7. The van der Waals surface area contributed by atoms with Gasteiger partial charge in [-0.1, -0.05) is 11.6 Å².